The van der Waals surface area contributed by atoms with Gasteiger partial charge in [-0.05, 0) is 18.4 Å². The number of carbonyl (C=O) groups is 1. The third-order valence-corrected chi connectivity index (χ3v) is 2.33. The molecule has 90 valence electrons. The maximum atomic E-state index is 10.3. The van der Waals surface area contributed by atoms with E-state index in [9.17, 15) is 4.79 Å². The summed E-state index contributed by atoms with van der Waals surface area (Å²) < 4.78 is 0. The van der Waals surface area contributed by atoms with E-state index in [4.69, 9.17) is 10.2 Å². The van der Waals surface area contributed by atoms with E-state index in [0.29, 0.717) is 6.42 Å². The molecule has 0 heterocycles. The first kappa shape index (κ1) is 13.3. The fourth-order valence-corrected chi connectivity index (χ4v) is 1.36. The van der Waals surface area contributed by atoms with Crippen LogP contribution >= 0.6 is 0 Å². The molecule has 1 aromatic rings. The Morgan fingerprint density at radius 1 is 1.18 bits per heavy atom. The van der Waals surface area contributed by atoms with Gasteiger partial charge in [0.2, 0.25) is 0 Å². The van der Waals surface area contributed by atoms with Crippen LogP contribution in [0.15, 0.2) is 30.3 Å². The molecule has 0 saturated heterocycles. The maximum Gasteiger partial charge on any atom is 0.332 e. The Kier molecular flexibility index (Phi) is 5.84. The van der Waals surface area contributed by atoms with E-state index in [1.807, 2.05) is 18.2 Å². The second-order valence-corrected chi connectivity index (χ2v) is 3.73. The Labute approximate surface area is 101 Å². The molecule has 0 aliphatic heterocycles. The summed E-state index contributed by atoms with van der Waals surface area (Å²) in [6.07, 6.45) is 0.969. The SMILES string of the molecule is O=C(O)C(O)CCC#CCCc1ccccc1. The minimum atomic E-state index is -1.29. The fraction of sp³-hybridized carbons (Fsp3) is 0.357. The van der Waals surface area contributed by atoms with Crippen molar-refractivity contribution in [3.05, 3.63) is 35.9 Å². The molecule has 0 aliphatic rings. The van der Waals surface area contributed by atoms with Crippen molar-refractivity contribution in [2.75, 3.05) is 0 Å². The lowest BCUT2D eigenvalue weighted by molar-refractivity contribution is -0.146. The number of aliphatic hydroxyl groups is 1. The highest BCUT2D eigenvalue weighted by atomic mass is 16.4. The van der Waals surface area contributed by atoms with Crippen LogP contribution < -0.4 is 0 Å². The molecule has 0 aliphatic carbocycles. The van der Waals surface area contributed by atoms with Crippen LogP contribution in [0.1, 0.15) is 24.8 Å². The van der Waals surface area contributed by atoms with Gasteiger partial charge in [0.15, 0.2) is 6.10 Å². The van der Waals surface area contributed by atoms with Crippen LogP contribution in [0, 0.1) is 11.8 Å². The largest absolute Gasteiger partial charge is 0.479 e. The molecule has 0 spiro atoms. The Bertz CT molecular complexity index is 400. The van der Waals surface area contributed by atoms with Crippen LogP contribution in [-0.4, -0.2) is 22.3 Å². The van der Waals surface area contributed by atoms with Gasteiger partial charge in [-0.1, -0.05) is 30.3 Å². The van der Waals surface area contributed by atoms with E-state index in [1.54, 1.807) is 0 Å². The number of aliphatic carboxylic acids is 1. The zero-order valence-corrected chi connectivity index (χ0v) is 9.60. The lowest BCUT2D eigenvalue weighted by Gasteiger charge is -1.99. The molecule has 1 atom stereocenters. The first-order chi connectivity index (χ1) is 8.20. The molecule has 1 rings (SSSR count). The average molecular weight is 232 g/mol. The van der Waals surface area contributed by atoms with E-state index in [0.717, 1.165) is 12.8 Å². The summed E-state index contributed by atoms with van der Waals surface area (Å²) in [7, 11) is 0. The summed E-state index contributed by atoms with van der Waals surface area (Å²) in [5, 5.41) is 17.4. The van der Waals surface area contributed by atoms with E-state index >= 15 is 0 Å². The zero-order valence-electron chi connectivity index (χ0n) is 9.60. The summed E-state index contributed by atoms with van der Waals surface area (Å²) >= 11 is 0. The van der Waals surface area contributed by atoms with Gasteiger partial charge in [-0.15, -0.1) is 11.8 Å². The van der Waals surface area contributed by atoms with Gasteiger partial charge in [-0.25, -0.2) is 4.79 Å². The van der Waals surface area contributed by atoms with Crippen molar-refractivity contribution in [1.82, 2.24) is 0 Å². The fourth-order valence-electron chi connectivity index (χ4n) is 1.36. The molecule has 2 N–H and O–H groups in total. The topological polar surface area (TPSA) is 57.5 Å². The standard InChI is InChI=1S/C14H16O3/c15-13(14(16)17)11-7-2-1-4-8-12-9-5-3-6-10-12/h3,5-6,9-10,13,15H,4,7-8,11H2,(H,16,17). The van der Waals surface area contributed by atoms with E-state index in [2.05, 4.69) is 24.0 Å². The molecule has 0 amide bonds. The van der Waals surface area contributed by atoms with E-state index < -0.39 is 12.1 Å². The average Bonchev–Trinajstić information content (AvgIpc) is 2.34. The van der Waals surface area contributed by atoms with Crippen LogP contribution in [0.2, 0.25) is 0 Å². The second kappa shape index (κ2) is 7.48. The van der Waals surface area contributed by atoms with Crippen molar-refractivity contribution in [3.63, 3.8) is 0 Å². The molecule has 0 radical (unpaired) electrons. The van der Waals surface area contributed by atoms with Crippen molar-refractivity contribution in [3.8, 4) is 11.8 Å². The Hall–Kier alpha value is -1.79. The molecule has 0 aromatic heterocycles. The van der Waals surface area contributed by atoms with Gasteiger partial charge in [0, 0.05) is 12.8 Å². The number of hydrogen-bond donors (Lipinski definition) is 2. The molecule has 1 unspecified atom stereocenters. The molecule has 0 bridgehead atoms. The van der Waals surface area contributed by atoms with Gasteiger partial charge in [0.25, 0.3) is 0 Å². The van der Waals surface area contributed by atoms with E-state index in [-0.39, 0.29) is 6.42 Å². The molecule has 0 fully saturated rings. The van der Waals surface area contributed by atoms with Crippen LogP contribution in [-0.2, 0) is 11.2 Å². The third kappa shape index (κ3) is 5.74. The quantitative estimate of drug-likeness (QED) is 0.762. The van der Waals surface area contributed by atoms with Crippen molar-refractivity contribution >= 4 is 5.97 Å². The van der Waals surface area contributed by atoms with Gasteiger partial charge in [-0.2, -0.15) is 0 Å². The summed E-state index contributed by atoms with van der Waals surface area (Å²) in [4.78, 5) is 10.3. The lowest BCUT2D eigenvalue weighted by atomic mass is 10.1. The van der Waals surface area contributed by atoms with Crippen LogP contribution in [0.3, 0.4) is 0 Å². The van der Waals surface area contributed by atoms with Gasteiger partial charge in [0.1, 0.15) is 0 Å². The minimum Gasteiger partial charge on any atom is -0.479 e. The minimum absolute atomic E-state index is 0.188. The predicted molar refractivity (Wildman–Crippen MR) is 65.4 cm³/mol. The third-order valence-electron chi connectivity index (χ3n) is 2.33. The van der Waals surface area contributed by atoms with Gasteiger partial charge in [0.05, 0.1) is 0 Å². The highest BCUT2D eigenvalue weighted by Gasteiger charge is 2.10. The molecular formula is C14H16O3. The van der Waals surface area contributed by atoms with Gasteiger partial charge >= 0.3 is 5.97 Å². The Balaban J connectivity index is 2.17. The molecule has 17 heavy (non-hydrogen) atoms. The smallest absolute Gasteiger partial charge is 0.332 e. The van der Waals surface area contributed by atoms with Crippen LogP contribution in [0.5, 0.6) is 0 Å². The van der Waals surface area contributed by atoms with Gasteiger partial charge in [-0.3, -0.25) is 0 Å². The number of aryl methyl sites for hydroxylation is 1. The Morgan fingerprint density at radius 2 is 1.82 bits per heavy atom. The highest BCUT2D eigenvalue weighted by Crippen LogP contribution is 2.01. The number of rotatable bonds is 5. The zero-order chi connectivity index (χ0) is 12.5. The highest BCUT2D eigenvalue weighted by molar-refractivity contribution is 5.71. The number of carboxylic acid groups (broad SMARTS) is 1. The van der Waals surface area contributed by atoms with Crippen molar-refractivity contribution in [1.29, 1.82) is 0 Å². The van der Waals surface area contributed by atoms with Crippen LogP contribution in [0.25, 0.3) is 0 Å². The van der Waals surface area contributed by atoms with Crippen molar-refractivity contribution < 1.29 is 15.0 Å². The summed E-state index contributed by atoms with van der Waals surface area (Å²) in [6.45, 7) is 0. The van der Waals surface area contributed by atoms with E-state index in [1.165, 1.54) is 5.56 Å². The Morgan fingerprint density at radius 3 is 2.47 bits per heavy atom. The molecule has 0 saturated carbocycles. The maximum absolute atomic E-state index is 10.3. The summed E-state index contributed by atoms with van der Waals surface area (Å²) in [5.41, 5.74) is 1.24. The molecular weight excluding hydrogens is 216 g/mol. The summed E-state index contributed by atoms with van der Waals surface area (Å²) in [6, 6.07) is 10.1. The molecule has 3 heteroatoms. The lowest BCUT2D eigenvalue weighted by Crippen LogP contribution is -2.18. The number of hydrogen-bond acceptors (Lipinski definition) is 2. The number of aliphatic hydroxyl groups excluding tert-OH is 1. The second-order valence-electron chi connectivity index (χ2n) is 3.73. The monoisotopic (exact) mass is 232 g/mol. The summed E-state index contributed by atoms with van der Waals surface area (Å²) in [5.74, 6) is 4.66. The van der Waals surface area contributed by atoms with Gasteiger partial charge < -0.3 is 10.2 Å². The van der Waals surface area contributed by atoms with Crippen LogP contribution in [0.4, 0.5) is 0 Å². The first-order valence-electron chi connectivity index (χ1n) is 5.60. The predicted octanol–water partition coefficient (Wildman–Crippen LogP) is 1.85. The number of benzene rings is 1. The normalized spacial score (nSPS) is 11.4. The van der Waals surface area contributed by atoms with Crippen molar-refractivity contribution in [2.24, 2.45) is 0 Å². The number of carboxylic acids is 1. The molecule has 1 aromatic carbocycles. The molecule has 3 nitrogen and oxygen atoms in total. The van der Waals surface area contributed by atoms with Crippen molar-refractivity contribution in [2.45, 2.75) is 31.8 Å². The first-order valence-corrected chi connectivity index (χ1v) is 5.60.